The maximum atomic E-state index is 12.0. The van der Waals surface area contributed by atoms with Crippen molar-refractivity contribution < 1.29 is 9.32 Å². The number of nitrogens with one attached hydrogen (secondary N) is 1. The topological polar surface area (TPSA) is 71.3 Å². The van der Waals surface area contributed by atoms with Crippen molar-refractivity contribution in [1.82, 2.24) is 20.4 Å². The second kappa shape index (κ2) is 7.57. The number of carbonyl (C=O) groups is 1. The maximum Gasteiger partial charge on any atom is 0.240 e. The predicted molar refractivity (Wildman–Crippen MR) is 90.1 cm³/mol. The molecule has 1 fully saturated rings. The molecular weight excluding hydrogens is 304 g/mol. The molecule has 6 heteroatoms. The summed E-state index contributed by atoms with van der Waals surface area (Å²) in [6.07, 6.45) is 1.25. The van der Waals surface area contributed by atoms with Crippen LogP contribution in [0.1, 0.15) is 43.6 Å². The van der Waals surface area contributed by atoms with Gasteiger partial charge in [-0.15, -0.1) is 0 Å². The molecular formula is C18H24N4O2. The molecule has 2 heterocycles. The monoisotopic (exact) mass is 328 g/mol. The number of benzene rings is 1. The number of nitrogens with zero attached hydrogens (tertiary/aromatic N) is 3. The zero-order valence-corrected chi connectivity index (χ0v) is 14.2. The molecule has 0 aliphatic carbocycles. The molecule has 0 unspecified atom stereocenters. The second-order valence-corrected chi connectivity index (χ2v) is 6.65. The highest BCUT2D eigenvalue weighted by Gasteiger charge is 2.27. The lowest BCUT2D eigenvalue weighted by Gasteiger charge is -2.27. The second-order valence-electron chi connectivity index (χ2n) is 6.65. The van der Waals surface area contributed by atoms with Crippen LogP contribution in [0.3, 0.4) is 0 Å². The standard InChI is InChI=1S/C18H24N4O2/c1-13(2)10-16-20-18(24-21-16)12-22-9-8-19-17(23)11-15(22)14-6-4-3-5-7-14/h3-7,13,15H,8-12H2,1-2H3,(H,19,23)/t15-/m0/s1. The van der Waals surface area contributed by atoms with Gasteiger partial charge in [-0.1, -0.05) is 49.3 Å². The van der Waals surface area contributed by atoms with E-state index in [9.17, 15) is 4.79 Å². The average molecular weight is 328 g/mol. The summed E-state index contributed by atoms with van der Waals surface area (Å²) >= 11 is 0. The fraction of sp³-hybridized carbons (Fsp3) is 0.500. The van der Waals surface area contributed by atoms with Crippen molar-refractivity contribution in [3.8, 4) is 0 Å². The van der Waals surface area contributed by atoms with Crippen LogP contribution in [0.2, 0.25) is 0 Å². The predicted octanol–water partition coefficient (Wildman–Crippen LogP) is 2.33. The van der Waals surface area contributed by atoms with Crippen LogP contribution in [-0.2, 0) is 17.8 Å². The Balaban J connectivity index is 1.77. The van der Waals surface area contributed by atoms with Crippen LogP contribution in [0.25, 0.3) is 0 Å². The quantitative estimate of drug-likeness (QED) is 0.912. The number of hydrogen-bond donors (Lipinski definition) is 1. The largest absolute Gasteiger partial charge is 0.355 e. The van der Waals surface area contributed by atoms with E-state index in [0.717, 1.165) is 24.4 Å². The molecule has 1 N–H and O–H groups in total. The van der Waals surface area contributed by atoms with Gasteiger partial charge in [0.1, 0.15) is 0 Å². The van der Waals surface area contributed by atoms with Gasteiger partial charge in [0.15, 0.2) is 5.82 Å². The van der Waals surface area contributed by atoms with Gasteiger partial charge in [0.2, 0.25) is 11.8 Å². The summed E-state index contributed by atoms with van der Waals surface area (Å²) in [6, 6.07) is 10.1. The third-order valence-corrected chi connectivity index (χ3v) is 4.16. The first-order valence-corrected chi connectivity index (χ1v) is 8.49. The molecule has 0 radical (unpaired) electrons. The smallest absolute Gasteiger partial charge is 0.240 e. The summed E-state index contributed by atoms with van der Waals surface area (Å²) in [4.78, 5) is 18.7. The minimum Gasteiger partial charge on any atom is -0.355 e. The van der Waals surface area contributed by atoms with Gasteiger partial charge in [0.05, 0.1) is 6.54 Å². The maximum absolute atomic E-state index is 12.0. The molecule has 3 rings (SSSR count). The van der Waals surface area contributed by atoms with Crippen molar-refractivity contribution >= 4 is 5.91 Å². The first kappa shape index (κ1) is 16.6. The minimum atomic E-state index is 0.0224. The van der Waals surface area contributed by atoms with Gasteiger partial charge in [-0.25, -0.2) is 0 Å². The SMILES string of the molecule is CC(C)Cc1noc(CN2CCNC(=O)C[C@H]2c2ccccc2)n1. The summed E-state index contributed by atoms with van der Waals surface area (Å²) in [5.41, 5.74) is 1.14. The molecule has 1 aliphatic heterocycles. The number of hydrogen-bond acceptors (Lipinski definition) is 5. The average Bonchev–Trinajstić information content (AvgIpc) is 2.90. The minimum absolute atomic E-state index is 0.0224. The molecule has 128 valence electrons. The molecule has 24 heavy (non-hydrogen) atoms. The molecule has 0 saturated carbocycles. The van der Waals surface area contributed by atoms with E-state index >= 15 is 0 Å². The van der Waals surface area contributed by atoms with Crippen molar-refractivity contribution in [1.29, 1.82) is 0 Å². The highest BCUT2D eigenvalue weighted by atomic mass is 16.5. The third-order valence-electron chi connectivity index (χ3n) is 4.16. The van der Waals surface area contributed by atoms with Crippen LogP contribution >= 0.6 is 0 Å². The molecule has 1 atom stereocenters. The van der Waals surface area contributed by atoms with Crippen LogP contribution < -0.4 is 5.32 Å². The Morgan fingerprint density at radius 1 is 1.33 bits per heavy atom. The van der Waals surface area contributed by atoms with Crippen molar-refractivity contribution in [2.45, 2.75) is 39.3 Å². The summed E-state index contributed by atoms with van der Waals surface area (Å²) in [5.74, 6) is 1.94. The normalized spacial score (nSPS) is 19.3. The molecule has 1 amide bonds. The van der Waals surface area contributed by atoms with E-state index in [-0.39, 0.29) is 11.9 Å². The lowest BCUT2D eigenvalue weighted by molar-refractivity contribution is -0.121. The summed E-state index contributed by atoms with van der Waals surface area (Å²) in [5, 5.41) is 7.01. The third kappa shape index (κ3) is 4.20. The van der Waals surface area contributed by atoms with Gasteiger partial charge < -0.3 is 9.84 Å². The van der Waals surface area contributed by atoms with Gasteiger partial charge in [0, 0.05) is 32.0 Å². The molecule has 1 aromatic carbocycles. The molecule has 1 aliphatic rings. The molecule has 1 saturated heterocycles. The lowest BCUT2D eigenvalue weighted by Crippen LogP contribution is -2.30. The molecule has 6 nitrogen and oxygen atoms in total. The van der Waals surface area contributed by atoms with Crippen molar-refractivity contribution in [3.63, 3.8) is 0 Å². The zero-order chi connectivity index (χ0) is 16.9. The van der Waals surface area contributed by atoms with Crippen LogP contribution in [0.15, 0.2) is 34.9 Å². The summed E-state index contributed by atoms with van der Waals surface area (Å²) in [6.45, 7) is 6.21. The van der Waals surface area contributed by atoms with Crippen molar-refractivity contribution in [3.05, 3.63) is 47.6 Å². The molecule has 0 spiro atoms. The van der Waals surface area contributed by atoms with Gasteiger partial charge in [-0.3, -0.25) is 9.69 Å². The Hall–Kier alpha value is -2.21. The van der Waals surface area contributed by atoms with Gasteiger partial charge in [-0.05, 0) is 11.5 Å². The van der Waals surface area contributed by atoms with E-state index in [1.807, 2.05) is 18.2 Å². The van der Waals surface area contributed by atoms with E-state index in [2.05, 4.69) is 46.3 Å². The van der Waals surface area contributed by atoms with Gasteiger partial charge in [-0.2, -0.15) is 4.98 Å². The van der Waals surface area contributed by atoms with E-state index in [1.54, 1.807) is 0 Å². The number of amides is 1. The number of carbonyl (C=O) groups excluding carboxylic acids is 1. The summed E-state index contributed by atoms with van der Waals surface area (Å²) < 4.78 is 5.41. The number of aromatic nitrogens is 2. The van der Waals surface area contributed by atoms with E-state index < -0.39 is 0 Å². The first-order valence-electron chi connectivity index (χ1n) is 8.49. The highest BCUT2D eigenvalue weighted by molar-refractivity contribution is 5.77. The Morgan fingerprint density at radius 3 is 2.88 bits per heavy atom. The molecule has 2 aromatic rings. The zero-order valence-electron chi connectivity index (χ0n) is 14.2. The Labute approximate surface area is 142 Å². The highest BCUT2D eigenvalue weighted by Crippen LogP contribution is 2.27. The van der Waals surface area contributed by atoms with E-state index in [1.165, 1.54) is 0 Å². The lowest BCUT2D eigenvalue weighted by atomic mass is 10.0. The van der Waals surface area contributed by atoms with Gasteiger partial charge >= 0.3 is 0 Å². The number of rotatable bonds is 5. The van der Waals surface area contributed by atoms with Crippen molar-refractivity contribution in [2.75, 3.05) is 13.1 Å². The fourth-order valence-electron chi connectivity index (χ4n) is 3.04. The fourth-order valence-corrected chi connectivity index (χ4v) is 3.04. The first-order chi connectivity index (χ1) is 11.6. The molecule has 1 aromatic heterocycles. The van der Waals surface area contributed by atoms with Crippen LogP contribution in [0.5, 0.6) is 0 Å². The van der Waals surface area contributed by atoms with Crippen LogP contribution in [0, 0.1) is 5.92 Å². The van der Waals surface area contributed by atoms with E-state index in [0.29, 0.717) is 31.3 Å². The molecule has 0 bridgehead atoms. The Kier molecular flexibility index (Phi) is 5.25. The van der Waals surface area contributed by atoms with Crippen molar-refractivity contribution in [2.24, 2.45) is 5.92 Å². The van der Waals surface area contributed by atoms with Crippen LogP contribution in [0.4, 0.5) is 0 Å². The Bertz CT molecular complexity index is 669. The Morgan fingerprint density at radius 2 is 2.12 bits per heavy atom. The summed E-state index contributed by atoms with van der Waals surface area (Å²) in [7, 11) is 0. The van der Waals surface area contributed by atoms with E-state index in [4.69, 9.17) is 4.52 Å². The van der Waals surface area contributed by atoms with Crippen LogP contribution in [-0.4, -0.2) is 34.0 Å². The van der Waals surface area contributed by atoms with Gasteiger partial charge in [0.25, 0.3) is 0 Å².